The fraction of sp³-hybridized carbons (Fsp3) is 0.562. The van der Waals surface area contributed by atoms with E-state index in [1.807, 2.05) is 56.0 Å². The van der Waals surface area contributed by atoms with Crippen LogP contribution in [-0.4, -0.2) is 42.2 Å². The molecule has 5 heteroatoms. The smallest absolute Gasteiger partial charge is 0.399 e. The highest BCUT2D eigenvalue weighted by Crippen LogP contribution is 2.38. The molecular weight excluding hydrogens is 265 g/mol. The molecule has 0 aliphatic carbocycles. The Balaban J connectivity index is 1.80. The van der Waals surface area contributed by atoms with Crippen LogP contribution in [0.1, 0.15) is 33.6 Å². The number of rotatable bonds is 3. The predicted molar refractivity (Wildman–Crippen MR) is 82.3 cm³/mol. The topological polar surface area (TPSA) is 38.8 Å². The third-order valence-corrected chi connectivity index (χ3v) is 4.78. The van der Waals surface area contributed by atoms with Crippen LogP contribution in [0, 0.1) is 0 Å². The lowest BCUT2D eigenvalue weighted by Crippen LogP contribution is -2.53. The molecule has 2 aliphatic heterocycles. The Morgan fingerprint density at radius 3 is 2.52 bits per heavy atom. The van der Waals surface area contributed by atoms with Crippen LogP contribution in [0.5, 0.6) is 0 Å². The van der Waals surface area contributed by atoms with Crippen LogP contribution in [0.4, 0.5) is 0 Å². The summed E-state index contributed by atoms with van der Waals surface area (Å²) in [6, 6.07) is 9.95. The highest BCUT2D eigenvalue weighted by atomic mass is 16.7. The Morgan fingerprint density at radius 1 is 1.19 bits per heavy atom. The monoisotopic (exact) mass is 287 g/mol. The molecule has 2 heterocycles. The van der Waals surface area contributed by atoms with Gasteiger partial charge in [0.05, 0.1) is 17.7 Å². The molecule has 0 aromatic heterocycles. The van der Waals surface area contributed by atoms with Crippen molar-refractivity contribution < 1.29 is 14.1 Å². The summed E-state index contributed by atoms with van der Waals surface area (Å²) < 4.78 is 12.4. The molecule has 21 heavy (non-hydrogen) atoms. The van der Waals surface area contributed by atoms with Crippen molar-refractivity contribution in [3.63, 3.8) is 0 Å². The molecular formula is C16H22BNO3. The van der Waals surface area contributed by atoms with E-state index in [0.29, 0.717) is 13.0 Å². The van der Waals surface area contributed by atoms with Gasteiger partial charge in [0.2, 0.25) is 5.91 Å². The van der Waals surface area contributed by atoms with E-state index < -0.39 is 11.2 Å². The normalized spacial score (nSPS) is 28.4. The summed E-state index contributed by atoms with van der Waals surface area (Å²) in [7, 11) is -0.371. The molecule has 2 fully saturated rings. The highest BCUT2D eigenvalue weighted by molar-refractivity contribution is 6.62. The lowest BCUT2D eigenvalue weighted by molar-refractivity contribution is -0.131. The maximum atomic E-state index is 11.9. The fourth-order valence-corrected chi connectivity index (χ4v) is 3.00. The second-order valence-electron chi connectivity index (χ2n) is 6.64. The molecule has 112 valence electrons. The molecule has 0 spiro atoms. The van der Waals surface area contributed by atoms with Gasteiger partial charge < -0.3 is 14.2 Å². The van der Waals surface area contributed by atoms with Crippen LogP contribution in [-0.2, 0) is 14.1 Å². The SMILES string of the molecule is CC1(C)OB(c2ccccc2)OC1(C)CN1CCCC1=O. The molecule has 1 aromatic rings. The van der Waals surface area contributed by atoms with Gasteiger partial charge in [0.25, 0.3) is 0 Å². The zero-order valence-corrected chi connectivity index (χ0v) is 13.0. The zero-order chi connectivity index (χ0) is 15.1. The van der Waals surface area contributed by atoms with Crippen molar-refractivity contribution in [3.8, 4) is 0 Å². The molecule has 1 atom stereocenters. The molecule has 1 aromatic carbocycles. The predicted octanol–water partition coefficient (Wildman–Crippen LogP) is 1.59. The minimum absolute atomic E-state index is 0.221. The molecule has 1 amide bonds. The molecule has 4 nitrogen and oxygen atoms in total. The van der Waals surface area contributed by atoms with E-state index in [0.717, 1.165) is 18.4 Å². The maximum absolute atomic E-state index is 11.9. The number of hydrogen-bond donors (Lipinski definition) is 0. The summed E-state index contributed by atoms with van der Waals surface area (Å²) in [5, 5.41) is 0. The van der Waals surface area contributed by atoms with Crippen molar-refractivity contribution in [2.24, 2.45) is 0 Å². The summed E-state index contributed by atoms with van der Waals surface area (Å²) in [5.74, 6) is 0.221. The van der Waals surface area contributed by atoms with Crippen molar-refractivity contribution in [1.82, 2.24) is 4.90 Å². The summed E-state index contributed by atoms with van der Waals surface area (Å²) in [4.78, 5) is 13.8. The first-order valence-corrected chi connectivity index (χ1v) is 7.60. The van der Waals surface area contributed by atoms with Crippen molar-refractivity contribution in [3.05, 3.63) is 30.3 Å². The molecule has 3 rings (SSSR count). The second-order valence-corrected chi connectivity index (χ2v) is 6.64. The first-order chi connectivity index (χ1) is 9.91. The molecule has 0 saturated carbocycles. The summed E-state index contributed by atoms with van der Waals surface area (Å²) >= 11 is 0. The van der Waals surface area contributed by atoms with Gasteiger partial charge in [-0.1, -0.05) is 30.3 Å². The van der Waals surface area contributed by atoms with Crippen molar-refractivity contribution in [2.75, 3.05) is 13.1 Å². The van der Waals surface area contributed by atoms with Gasteiger partial charge in [-0.3, -0.25) is 4.79 Å². The van der Waals surface area contributed by atoms with Crippen molar-refractivity contribution >= 4 is 18.5 Å². The zero-order valence-electron chi connectivity index (χ0n) is 13.0. The Morgan fingerprint density at radius 2 is 1.90 bits per heavy atom. The van der Waals surface area contributed by atoms with Gasteiger partial charge in [0, 0.05) is 13.0 Å². The first kappa shape index (κ1) is 14.6. The third kappa shape index (κ3) is 2.60. The average Bonchev–Trinajstić information content (AvgIpc) is 2.93. The second kappa shape index (κ2) is 5.14. The van der Waals surface area contributed by atoms with E-state index >= 15 is 0 Å². The van der Waals surface area contributed by atoms with Crippen LogP contribution >= 0.6 is 0 Å². The van der Waals surface area contributed by atoms with Crippen LogP contribution in [0.25, 0.3) is 0 Å². The lowest BCUT2D eigenvalue weighted by atomic mass is 9.79. The van der Waals surface area contributed by atoms with E-state index in [4.69, 9.17) is 9.31 Å². The molecule has 0 bridgehead atoms. The molecule has 2 aliphatic rings. The van der Waals surface area contributed by atoms with Gasteiger partial charge in [-0.05, 0) is 32.7 Å². The Bertz CT molecular complexity index is 534. The van der Waals surface area contributed by atoms with E-state index in [1.54, 1.807) is 0 Å². The highest BCUT2D eigenvalue weighted by Gasteiger charge is 2.55. The third-order valence-electron chi connectivity index (χ3n) is 4.78. The van der Waals surface area contributed by atoms with E-state index in [2.05, 4.69) is 0 Å². The van der Waals surface area contributed by atoms with Gasteiger partial charge in [0.1, 0.15) is 0 Å². The maximum Gasteiger partial charge on any atom is 0.494 e. The lowest BCUT2D eigenvalue weighted by Gasteiger charge is -2.39. The van der Waals surface area contributed by atoms with Gasteiger partial charge in [-0.15, -0.1) is 0 Å². The summed E-state index contributed by atoms with van der Waals surface area (Å²) in [6.07, 6.45) is 1.60. The number of carbonyl (C=O) groups excluding carboxylic acids is 1. The van der Waals surface area contributed by atoms with Crippen molar-refractivity contribution in [2.45, 2.75) is 44.8 Å². The average molecular weight is 287 g/mol. The van der Waals surface area contributed by atoms with Gasteiger partial charge >= 0.3 is 7.12 Å². The van der Waals surface area contributed by atoms with Crippen molar-refractivity contribution in [1.29, 1.82) is 0 Å². The first-order valence-electron chi connectivity index (χ1n) is 7.60. The molecule has 1 unspecified atom stereocenters. The Kier molecular flexibility index (Phi) is 3.58. The number of amides is 1. The fourth-order valence-electron chi connectivity index (χ4n) is 3.00. The number of hydrogen-bond acceptors (Lipinski definition) is 3. The van der Waals surface area contributed by atoms with Crippen LogP contribution in [0.2, 0.25) is 0 Å². The summed E-state index contributed by atoms with van der Waals surface area (Å²) in [6.45, 7) is 7.53. The van der Waals surface area contributed by atoms with E-state index in [9.17, 15) is 4.79 Å². The van der Waals surface area contributed by atoms with Gasteiger partial charge in [0.15, 0.2) is 0 Å². The van der Waals surface area contributed by atoms with Crippen LogP contribution in [0.15, 0.2) is 30.3 Å². The Hall–Kier alpha value is -1.33. The minimum atomic E-state index is -0.506. The van der Waals surface area contributed by atoms with Crippen LogP contribution in [0.3, 0.4) is 0 Å². The van der Waals surface area contributed by atoms with Crippen LogP contribution < -0.4 is 5.46 Å². The quantitative estimate of drug-likeness (QED) is 0.792. The molecule has 0 radical (unpaired) electrons. The number of likely N-dealkylation sites (tertiary alicyclic amines) is 1. The number of nitrogens with zero attached hydrogens (tertiary/aromatic N) is 1. The number of benzene rings is 1. The summed E-state index contributed by atoms with van der Waals surface area (Å²) in [5.41, 5.74) is 0.0613. The van der Waals surface area contributed by atoms with Gasteiger partial charge in [-0.25, -0.2) is 0 Å². The number of carbonyl (C=O) groups is 1. The molecule has 0 N–H and O–H groups in total. The van der Waals surface area contributed by atoms with E-state index in [-0.39, 0.29) is 13.0 Å². The Labute approximate surface area is 126 Å². The largest absolute Gasteiger partial charge is 0.494 e. The minimum Gasteiger partial charge on any atom is -0.399 e. The standard InChI is InChI=1S/C16H22BNO3/c1-15(2)16(3,12-18-11-7-10-14(18)19)21-17(20-15)13-8-5-4-6-9-13/h4-6,8-9H,7,10-12H2,1-3H3. The van der Waals surface area contributed by atoms with E-state index in [1.165, 1.54) is 0 Å². The van der Waals surface area contributed by atoms with Gasteiger partial charge in [-0.2, -0.15) is 0 Å². The molecule has 2 saturated heterocycles.